The summed E-state index contributed by atoms with van der Waals surface area (Å²) in [7, 11) is 0. The van der Waals surface area contributed by atoms with Crippen LogP contribution in [0.15, 0.2) is 30.3 Å². The molecule has 1 atom stereocenters. The molecule has 1 heterocycles. The topological polar surface area (TPSA) is 81.8 Å². The van der Waals surface area contributed by atoms with Crippen molar-refractivity contribution in [2.45, 2.75) is 20.3 Å². The first-order valence-electron chi connectivity index (χ1n) is 7.28. The maximum absolute atomic E-state index is 9.55. The van der Waals surface area contributed by atoms with Gasteiger partial charge in [-0.2, -0.15) is 10.4 Å². The number of rotatable bonds is 6. The molecule has 0 aliphatic rings. The SMILES string of the molecule is Cc1nnc(NC[C@H](CO)Cc2ccccc2)c(C#N)c1C. The van der Waals surface area contributed by atoms with Crippen LogP contribution in [0.4, 0.5) is 5.82 Å². The Labute approximate surface area is 130 Å². The zero-order chi connectivity index (χ0) is 15.9. The first-order chi connectivity index (χ1) is 10.7. The molecule has 1 aromatic carbocycles. The van der Waals surface area contributed by atoms with Crippen molar-refractivity contribution in [2.24, 2.45) is 5.92 Å². The number of aliphatic hydroxyl groups excluding tert-OH is 1. The van der Waals surface area contributed by atoms with Crippen molar-refractivity contribution >= 4 is 5.82 Å². The van der Waals surface area contributed by atoms with Crippen molar-refractivity contribution in [2.75, 3.05) is 18.5 Å². The second kappa shape index (κ2) is 7.53. The van der Waals surface area contributed by atoms with Crippen molar-refractivity contribution in [3.63, 3.8) is 0 Å². The number of nitriles is 1. The third kappa shape index (κ3) is 3.80. The highest BCUT2D eigenvalue weighted by atomic mass is 16.3. The Balaban J connectivity index is 2.05. The van der Waals surface area contributed by atoms with E-state index in [1.807, 2.05) is 44.2 Å². The lowest BCUT2D eigenvalue weighted by Gasteiger charge is -2.16. The summed E-state index contributed by atoms with van der Waals surface area (Å²) in [5, 5.41) is 30.1. The quantitative estimate of drug-likeness (QED) is 0.854. The van der Waals surface area contributed by atoms with Crippen molar-refractivity contribution < 1.29 is 5.11 Å². The molecule has 0 unspecified atom stereocenters. The molecule has 22 heavy (non-hydrogen) atoms. The van der Waals surface area contributed by atoms with E-state index in [9.17, 15) is 10.4 Å². The number of anilines is 1. The van der Waals surface area contributed by atoms with Gasteiger partial charge in [0.15, 0.2) is 5.82 Å². The molecule has 2 rings (SSSR count). The Kier molecular flexibility index (Phi) is 5.45. The van der Waals surface area contributed by atoms with E-state index < -0.39 is 0 Å². The highest BCUT2D eigenvalue weighted by molar-refractivity contribution is 5.55. The fourth-order valence-corrected chi connectivity index (χ4v) is 2.26. The third-order valence-electron chi connectivity index (χ3n) is 3.75. The van der Waals surface area contributed by atoms with E-state index in [2.05, 4.69) is 21.6 Å². The molecule has 0 amide bonds. The smallest absolute Gasteiger partial charge is 0.166 e. The van der Waals surface area contributed by atoms with Crippen LogP contribution in [0.3, 0.4) is 0 Å². The van der Waals surface area contributed by atoms with Gasteiger partial charge in [0.1, 0.15) is 11.6 Å². The molecule has 114 valence electrons. The predicted molar refractivity (Wildman–Crippen MR) is 85.4 cm³/mol. The Morgan fingerprint density at radius 3 is 2.59 bits per heavy atom. The van der Waals surface area contributed by atoms with Crippen molar-refractivity contribution in [1.82, 2.24) is 10.2 Å². The molecular formula is C17H20N4O. The predicted octanol–water partition coefficient (Wildman–Crippen LogP) is 2.23. The number of hydrogen-bond donors (Lipinski definition) is 2. The lowest BCUT2D eigenvalue weighted by atomic mass is 10.00. The van der Waals surface area contributed by atoms with Crippen LogP contribution in [0.5, 0.6) is 0 Å². The molecule has 0 fully saturated rings. The molecular weight excluding hydrogens is 276 g/mol. The lowest BCUT2D eigenvalue weighted by Crippen LogP contribution is -2.21. The molecule has 0 radical (unpaired) electrons. The van der Waals surface area contributed by atoms with Gasteiger partial charge in [0.05, 0.1) is 5.69 Å². The van der Waals surface area contributed by atoms with Gasteiger partial charge in [-0.3, -0.25) is 0 Å². The second-order valence-corrected chi connectivity index (χ2v) is 5.37. The van der Waals surface area contributed by atoms with Crippen LogP contribution in [-0.2, 0) is 6.42 Å². The van der Waals surface area contributed by atoms with Crippen LogP contribution in [-0.4, -0.2) is 28.5 Å². The lowest BCUT2D eigenvalue weighted by molar-refractivity contribution is 0.232. The summed E-state index contributed by atoms with van der Waals surface area (Å²) in [6.45, 7) is 4.30. The number of aliphatic hydroxyl groups is 1. The number of nitrogens with zero attached hydrogens (tertiary/aromatic N) is 3. The fourth-order valence-electron chi connectivity index (χ4n) is 2.26. The Hall–Kier alpha value is -2.45. The highest BCUT2D eigenvalue weighted by Gasteiger charge is 2.13. The second-order valence-electron chi connectivity index (χ2n) is 5.37. The standard InChI is InChI=1S/C17H20N4O/c1-12-13(2)20-21-17(16(12)9-18)19-10-15(11-22)8-14-6-4-3-5-7-14/h3-7,15,22H,8,10-11H2,1-2H3,(H,19,21)/t15-/m1/s1. The summed E-state index contributed by atoms with van der Waals surface area (Å²) in [6.07, 6.45) is 0.768. The maximum Gasteiger partial charge on any atom is 0.166 e. The molecule has 5 nitrogen and oxygen atoms in total. The minimum atomic E-state index is 0.0531. The molecule has 2 aromatic rings. The highest BCUT2D eigenvalue weighted by Crippen LogP contribution is 2.18. The Morgan fingerprint density at radius 1 is 1.23 bits per heavy atom. The van der Waals surface area contributed by atoms with E-state index in [0.29, 0.717) is 17.9 Å². The Bertz CT molecular complexity index is 664. The van der Waals surface area contributed by atoms with Gasteiger partial charge in [-0.1, -0.05) is 30.3 Å². The van der Waals surface area contributed by atoms with E-state index in [1.165, 1.54) is 5.56 Å². The van der Waals surface area contributed by atoms with Crippen LogP contribution >= 0.6 is 0 Å². The van der Waals surface area contributed by atoms with Gasteiger partial charge in [-0.25, -0.2) is 0 Å². The van der Waals surface area contributed by atoms with E-state index >= 15 is 0 Å². The van der Waals surface area contributed by atoms with Gasteiger partial charge < -0.3 is 10.4 Å². The van der Waals surface area contributed by atoms with Crippen LogP contribution in [0, 0.1) is 31.1 Å². The number of aromatic nitrogens is 2. The molecule has 0 spiro atoms. The van der Waals surface area contributed by atoms with Crippen LogP contribution in [0.25, 0.3) is 0 Å². The summed E-state index contributed by atoms with van der Waals surface area (Å²) in [4.78, 5) is 0. The van der Waals surface area contributed by atoms with Gasteiger partial charge in [-0.05, 0) is 31.4 Å². The minimum absolute atomic E-state index is 0.0531. The zero-order valence-electron chi connectivity index (χ0n) is 12.9. The van der Waals surface area contributed by atoms with Crippen molar-refractivity contribution in [3.05, 3.63) is 52.7 Å². The van der Waals surface area contributed by atoms with E-state index in [-0.39, 0.29) is 12.5 Å². The van der Waals surface area contributed by atoms with Crippen LogP contribution in [0.2, 0.25) is 0 Å². The molecule has 0 bridgehead atoms. The monoisotopic (exact) mass is 296 g/mol. The average Bonchev–Trinajstić information content (AvgIpc) is 2.55. The number of benzene rings is 1. The molecule has 2 N–H and O–H groups in total. The summed E-state index contributed by atoms with van der Waals surface area (Å²) in [6, 6.07) is 12.2. The summed E-state index contributed by atoms with van der Waals surface area (Å²) < 4.78 is 0. The van der Waals surface area contributed by atoms with Gasteiger partial charge in [0.2, 0.25) is 0 Å². The first kappa shape index (κ1) is 15.9. The van der Waals surface area contributed by atoms with Gasteiger partial charge in [0.25, 0.3) is 0 Å². The normalized spacial score (nSPS) is 11.7. The largest absolute Gasteiger partial charge is 0.396 e. The first-order valence-corrected chi connectivity index (χ1v) is 7.28. The van der Waals surface area contributed by atoms with Crippen molar-refractivity contribution in [1.29, 1.82) is 5.26 Å². The summed E-state index contributed by atoms with van der Waals surface area (Å²) in [5.74, 6) is 0.537. The van der Waals surface area contributed by atoms with Gasteiger partial charge in [0, 0.05) is 19.1 Å². The third-order valence-corrected chi connectivity index (χ3v) is 3.75. The number of hydrogen-bond acceptors (Lipinski definition) is 5. The fraction of sp³-hybridized carbons (Fsp3) is 0.353. The van der Waals surface area contributed by atoms with Crippen LogP contribution < -0.4 is 5.32 Å². The average molecular weight is 296 g/mol. The van der Waals surface area contributed by atoms with Gasteiger partial charge in [-0.15, -0.1) is 5.10 Å². The molecule has 0 aliphatic heterocycles. The number of nitrogens with one attached hydrogen (secondary N) is 1. The summed E-state index contributed by atoms with van der Waals surface area (Å²) in [5.41, 5.74) is 3.28. The zero-order valence-corrected chi connectivity index (χ0v) is 12.9. The minimum Gasteiger partial charge on any atom is -0.396 e. The molecule has 0 saturated carbocycles. The summed E-state index contributed by atoms with van der Waals surface area (Å²) >= 11 is 0. The molecule has 1 aromatic heterocycles. The maximum atomic E-state index is 9.55. The Morgan fingerprint density at radius 2 is 1.95 bits per heavy atom. The van der Waals surface area contributed by atoms with Gasteiger partial charge >= 0.3 is 0 Å². The number of aryl methyl sites for hydroxylation is 1. The molecule has 0 saturated heterocycles. The van der Waals surface area contributed by atoms with Crippen LogP contribution in [0.1, 0.15) is 22.4 Å². The van der Waals surface area contributed by atoms with E-state index in [1.54, 1.807) is 0 Å². The van der Waals surface area contributed by atoms with E-state index in [0.717, 1.165) is 17.7 Å². The molecule has 0 aliphatic carbocycles. The molecule has 5 heteroatoms. The van der Waals surface area contributed by atoms with Crippen molar-refractivity contribution in [3.8, 4) is 6.07 Å². The van der Waals surface area contributed by atoms with E-state index in [4.69, 9.17) is 0 Å².